The predicted octanol–water partition coefficient (Wildman–Crippen LogP) is 2.29. The summed E-state index contributed by atoms with van der Waals surface area (Å²) in [4.78, 5) is 2.34. The first kappa shape index (κ1) is 13.1. The summed E-state index contributed by atoms with van der Waals surface area (Å²) in [5, 5.41) is -0.223. The fourth-order valence-electron chi connectivity index (χ4n) is 1.42. The zero-order valence-electron chi connectivity index (χ0n) is 9.15. The molecule has 0 saturated carbocycles. The summed E-state index contributed by atoms with van der Waals surface area (Å²) < 4.78 is 39.7. The second-order valence-corrected chi connectivity index (χ2v) is 5.74. The Labute approximate surface area is 109 Å². The quantitative estimate of drug-likeness (QED) is 0.907. The number of sulfonamides is 1. The largest absolute Gasteiger partial charge is 0.367 e. The van der Waals surface area contributed by atoms with E-state index in [4.69, 9.17) is 11.6 Å². The number of rotatable bonds is 4. The third-order valence-electron chi connectivity index (χ3n) is 2.33. The summed E-state index contributed by atoms with van der Waals surface area (Å²) in [5.74, 6) is -0.944. The Hall–Kier alpha value is -1.37. The van der Waals surface area contributed by atoms with Crippen LogP contribution in [0.4, 0.5) is 4.39 Å². The average molecular weight is 289 g/mol. The molecule has 96 valence electrons. The Morgan fingerprint density at radius 2 is 2.11 bits per heavy atom. The molecule has 0 aliphatic rings. The van der Waals surface area contributed by atoms with Crippen LogP contribution in [0.25, 0.3) is 0 Å². The van der Waals surface area contributed by atoms with Gasteiger partial charge in [0.05, 0.1) is 5.02 Å². The fraction of sp³-hybridized carbons (Fsp3) is 0.0909. The lowest BCUT2D eigenvalue weighted by Crippen LogP contribution is -2.24. The van der Waals surface area contributed by atoms with Crippen molar-refractivity contribution >= 4 is 21.6 Å². The van der Waals surface area contributed by atoms with E-state index in [0.717, 1.165) is 5.56 Å². The zero-order chi connectivity index (χ0) is 13.2. The van der Waals surface area contributed by atoms with Crippen molar-refractivity contribution in [3.05, 3.63) is 53.1 Å². The SMILES string of the molecule is O=S(=O)(NCc1cc[nH]c1)c1cccc(Cl)c1F. The number of aromatic nitrogens is 1. The molecule has 0 unspecified atom stereocenters. The number of halogens is 2. The van der Waals surface area contributed by atoms with Crippen LogP contribution in [-0.4, -0.2) is 13.4 Å². The Bertz CT molecular complexity index is 641. The fourth-order valence-corrected chi connectivity index (χ4v) is 2.76. The number of benzene rings is 1. The molecule has 0 bridgehead atoms. The summed E-state index contributed by atoms with van der Waals surface area (Å²) in [7, 11) is -3.91. The van der Waals surface area contributed by atoms with Crippen LogP contribution in [0.15, 0.2) is 41.6 Å². The third-order valence-corrected chi connectivity index (χ3v) is 4.04. The number of H-pyrrole nitrogens is 1. The van der Waals surface area contributed by atoms with Crippen molar-refractivity contribution in [3.63, 3.8) is 0 Å². The molecule has 1 aromatic carbocycles. The highest BCUT2D eigenvalue weighted by molar-refractivity contribution is 7.89. The Balaban J connectivity index is 2.23. The van der Waals surface area contributed by atoms with Gasteiger partial charge in [0.1, 0.15) is 4.90 Å². The van der Waals surface area contributed by atoms with Crippen LogP contribution < -0.4 is 4.72 Å². The van der Waals surface area contributed by atoms with Gasteiger partial charge in [-0.15, -0.1) is 0 Å². The summed E-state index contributed by atoms with van der Waals surface area (Å²) >= 11 is 5.55. The van der Waals surface area contributed by atoms with Crippen LogP contribution in [0.5, 0.6) is 0 Å². The molecular formula is C11H10ClFN2O2S. The van der Waals surface area contributed by atoms with Crippen molar-refractivity contribution in [2.24, 2.45) is 0 Å². The van der Waals surface area contributed by atoms with Gasteiger partial charge < -0.3 is 4.98 Å². The lowest BCUT2D eigenvalue weighted by Gasteiger charge is -2.07. The highest BCUT2D eigenvalue weighted by atomic mass is 35.5. The Kier molecular flexibility index (Phi) is 3.70. The molecular weight excluding hydrogens is 279 g/mol. The van der Waals surface area contributed by atoms with Gasteiger partial charge >= 0.3 is 0 Å². The van der Waals surface area contributed by atoms with Crippen molar-refractivity contribution in [3.8, 4) is 0 Å². The standard InChI is InChI=1S/C11H10ClFN2O2S/c12-9-2-1-3-10(11(9)13)18(16,17)15-7-8-4-5-14-6-8/h1-6,14-15H,7H2. The van der Waals surface area contributed by atoms with E-state index < -0.39 is 20.7 Å². The first-order valence-corrected chi connectivity index (χ1v) is 6.92. The molecule has 0 saturated heterocycles. The van der Waals surface area contributed by atoms with Gasteiger partial charge in [0.15, 0.2) is 5.82 Å². The van der Waals surface area contributed by atoms with E-state index in [1.807, 2.05) is 0 Å². The minimum atomic E-state index is -3.91. The van der Waals surface area contributed by atoms with Crippen LogP contribution >= 0.6 is 11.6 Å². The minimum Gasteiger partial charge on any atom is -0.367 e. The molecule has 0 aliphatic heterocycles. The molecule has 0 atom stereocenters. The van der Waals surface area contributed by atoms with Gasteiger partial charge in [-0.05, 0) is 23.8 Å². The molecule has 2 aromatic rings. The van der Waals surface area contributed by atoms with Crippen LogP contribution in [0, 0.1) is 5.82 Å². The van der Waals surface area contributed by atoms with Crippen molar-refractivity contribution in [1.29, 1.82) is 0 Å². The molecule has 0 fully saturated rings. The zero-order valence-corrected chi connectivity index (χ0v) is 10.7. The lowest BCUT2D eigenvalue weighted by molar-refractivity contribution is 0.557. The molecule has 2 N–H and O–H groups in total. The Morgan fingerprint density at radius 3 is 2.78 bits per heavy atom. The molecule has 4 nitrogen and oxygen atoms in total. The van der Waals surface area contributed by atoms with E-state index in [2.05, 4.69) is 9.71 Å². The van der Waals surface area contributed by atoms with Crippen molar-refractivity contribution < 1.29 is 12.8 Å². The molecule has 0 aliphatic carbocycles. The lowest BCUT2D eigenvalue weighted by atomic mass is 10.3. The maximum absolute atomic E-state index is 13.6. The predicted molar refractivity (Wildman–Crippen MR) is 66.2 cm³/mol. The normalized spacial score (nSPS) is 11.7. The number of hydrogen-bond acceptors (Lipinski definition) is 2. The Morgan fingerprint density at radius 1 is 1.33 bits per heavy atom. The maximum atomic E-state index is 13.6. The molecule has 0 amide bonds. The molecule has 2 rings (SSSR count). The van der Waals surface area contributed by atoms with E-state index in [-0.39, 0.29) is 11.6 Å². The molecule has 1 heterocycles. The number of nitrogens with one attached hydrogen (secondary N) is 2. The van der Waals surface area contributed by atoms with Gasteiger partial charge in [0.2, 0.25) is 10.0 Å². The molecule has 1 aromatic heterocycles. The monoisotopic (exact) mass is 288 g/mol. The highest BCUT2D eigenvalue weighted by Gasteiger charge is 2.20. The second kappa shape index (κ2) is 5.09. The molecule has 0 spiro atoms. The van der Waals surface area contributed by atoms with Crippen molar-refractivity contribution in [1.82, 2.24) is 9.71 Å². The number of hydrogen-bond donors (Lipinski definition) is 2. The average Bonchev–Trinajstić information content (AvgIpc) is 2.83. The van der Waals surface area contributed by atoms with Crippen LogP contribution in [-0.2, 0) is 16.6 Å². The van der Waals surface area contributed by atoms with E-state index in [9.17, 15) is 12.8 Å². The first-order valence-electron chi connectivity index (χ1n) is 5.06. The van der Waals surface area contributed by atoms with Crippen LogP contribution in [0.2, 0.25) is 5.02 Å². The summed E-state index contributed by atoms with van der Waals surface area (Å²) in [6, 6.07) is 5.57. The molecule has 0 radical (unpaired) electrons. The van der Waals surface area contributed by atoms with Gasteiger partial charge in [0.25, 0.3) is 0 Å². The highest BCUT2D eigenvalue weighted by Crippen LogP contribution is 2.21. The second-order valence-electron chi connectivity index (χ2n) is 3.60. The van der Waals surface area contributed by atoms with E-state index in [1.54, 1.807) is 18.5 Å². The van der Waals surface area contributed by atoms with Crippen molar-refractivity contribution in [2.75, 3.05) is 0 Å². The summed E-state index contributed by atoms with van der Waals surface area (Å²) in [5.41, 5.74) is 0.751. The minimum absolute atomic E-state index is 0.0811. The summed E-state index contributed by atoms with van der Waals surface area (Å²) in [6.07, 6.45) is 3.32. The number of aromatic amines is 1. The molecule has 18 heavy (non-hydrogen) atoms. The molecule has 7 heteroatoms. The van der Waals surface area contributed by atoms with Crippen LogP contribution in [0.1, 0.15) is 5.56 Å². The van der Waals surface area contributed by atoms with Gasteiger partial charge in [0, 0.05) is 18.9 Å². The smallest absolute Gasteiger partial charge is 0.243 e. The van der Waals surface area contributed by atoms with Gasteiger partial charge in [-0.25, -0.2) is 17.5 Å². The van der Waals surface area contributed by atoms with Gasteiger partial charge in [-0.3, -0.25) is 0 Å². The third kappa shape index (κ3) is 2.72. The summed E-state index contributed by atoms with van der Waals surface area (Å²) in [6.45, 7) is 0.0811. The van der Waals surface area contributed by atoms with Crippen LogP contribution in [0.3, 0.4) is 0 Å². The van der Waals surface area contributed by atoms with E-state index in [0.29, 0.717) is 0 Å². The van der Waals surface area contributed by atoms with E-state index in [1.165, 1.54) is 18.2 Å². The maximum Gasteiger partial charge on any atom is 0.243 e. The van der Waals surface area contributed by atoms with Gasteiger partial charge in [-0.1, -0.05) is 17.7 Å². The topological polar surface area (TPSA) is 62.0 Å². The first-order chi connectivity index (χ1) is 8.50. The van der Waals surface area contributed by atoms with Crippen molar-refractivity contribution in [2.45, 2.75) is 11.4 Å². The van der Waals surface area contributed by atoms with E-state index >= 15 is 0 Å². The van der Waals surface area contributed by atoms with Gasteiger partial charge in [-0.2, -0.15) is 0 Å².